The molecule has 1 unspecified atom stereocenters. The van der Waals surface area contributed by atoms with E-state index >= 15 is 0 Å². The SMILES string of the molecule is CNC(CCN(C)c1cccc(OC)c1)C(C)(C)C. The fourth-order valence-electron chi connectivity index (χ4n) is 2.31. The highest BCUT2D eigenvalue weighted by atomic mass is 16.5. The third-order valence-electron chi connectivity index (χ3n) is 3.64. The molecule has 0 aliphatic rings. The Morgan fingerprint density at radius 1 is 1.32 bits per heavy atom. The van der Waals surface area contributed by atoms with Crippen LogP contribution in [0.5, 0.6) is 5.75 Å². The van der Waals surface area contributed by atoms with Gasteiger partial charge in [-0.05, 0) is 31.0 Å². The summed E-state index contributed by atoms with van der Waals surface area (Å²) >= 11 is 0. The maximum Gasteiger partial charge on any atom is 0.120 e. The summed E-state index contributed by atoms with van der Waals surface area (Å²) in [5.74, 6) is 0.908. The van der Waals surface area contributed by atoms with E-state index < -0.39 is 0 Å². The van der Waals surface area contributed by atoms with Crippen molar-refractivity contribution in [1.82, 2.24) is 5.32 Å². The van der Waals surface area contributed by atoms with Crippen molar-refractivity contribution < 1.29 is 4.74 Å². The Balaban J connectivity index is 2.61. The lowest BCUT2D eigenvalue weighted by molar-refractivity contribution is 0.270. The number of anilines is 1. The van der Waals surface area contributed by atoms with Crippen LogP contribution in [0.4, 0.5) is 5.69 Å². The van der Waals surface area contributed by atoms with Crippen LogP contribution in [0.3, 0.4) is 0 Å². The second-order valence-electron chi connectivity index (χ2n) is 6.12. The van der Waals surface area contributed by atoms with Crippen LogP contribution >= 0.6 is 0 Å². The van der Waals surface area contributed by atoms with E-state index in [1.807, 2.05) is 19.2 Å². The van der Waals surface area contributed by atoms with E-state index in [1.54, 1.807) is 7.11 Å². The Labute approximate surface area is 118 Å². The van der Waals surface area contributed by atoms with E-state index in [1.165, 1.54) is 5.69 Å². The molecule has 1 aromatic carbocycles. The van der Waals surface area contributed by atoms with Gasteiger partial charge in [-0.3, -0.25) is 0 Å². The minimum Gasteiger partial charge on any atom is -0.497 e. The molecule has 0 fully saturated rings. The highest BCUT2D eigenvalue weighted by Gasteiger charge is 2.22. The Bertz CT molecular complexity index is 385. The van der Waals surface area contributed by atoms with Crippen LogP contribution in [0.15, 0.2) is 24.3 Å². The average Bonchev–Trinajstić information content (AvgIpc) is 2.37. The van der Waals surface area contributed by atoms with Crippen molar-refractivity contribution in [3.63, 3.8) is 0 Å². The fraction of sp³-hybridized carbons (Fsp3) is 0.625. The first-order valence-electron chi connectivity index (χ1n) is 6.91. The first-order chi connectivity index (χ1) is 8.88. The van der Waals surface area contributed by atoms with Crippen LogP contribution in [-0.4, -0.2) is 33.8 Å². The standard InChI is InChI=1S/C16H28N2O/c1-16(2,3)15(17-4)10-11-18(5)13-8-7-9-14(12-13)19-6/h7-9,12,15,17H,10-11H2,1-6H3. The number of methoxy groups -OCH3 is 1. The molecule has 0 saturated carbocycles. The molecule has 108 valence electrons. The van der Waals surface area contributed by atoms with Crippen molar-refractivity contribution in [1.29, 1.82) is 0 Å². The van der Waals surface area contributed by atoms with E-state index in [-0.39, 0.29) is 5.41 Å². The number of hydrogen-bond donors (Lipinski definition) is 1. The Kier molecular flexibility index (Phi) is 5.67. The molecular weight excluding hydrogens is 236 g/mol. The van der Waals surface area contributed by atoms with Crippen LogP contribution in [0.1, 0.15) is 27.2 Å². The monoisotopic (exact) mass is 264 g/mol. The van der Waals surface area contributed by atoms with Crippen LogP contribution in [0, 0.1) is 5.41 Å². The lowest BCUT2D eigenvalue weighted by Crippen LogP contribution is -2.40. The zero-order valence-corrected chi connectivity index (χ0v) is 13.2. The van der Waals surface area contributed by atoms with Crippen molar-refractivity contribution in [3.8, 4) is 5.75 Å². The van der Waals surface area contributed by atoms with Crippen molar-refractivity contribution in [3.05, 3.63) is 24.3 Å². The predicted octanol–water partition coefficient (Wildman–Crippen LogP) is 3.16. The van der Waals surface area contributed by atoms with E-state index in [4.69, 9.17) is 4.74 Å². The largest absolute Gasteiger partial charge is 0.497 e. The van der Waals surface area contributed by atoms with Gasteiger partial charge in [0.05, 0.1) is 7.11 Å². The molecule has 0 aliphatic heterocycles. The third kappa shape index (κ3) is 4.75. The highest BCUT2D eigenvalue weighted by molar-refractivity contribution is 5.50. The van der Waals surface area contributed by atoms with E-state index in [2.05, 4.69) is 50.2 Å². The Hall–Kier alpha value is -1.22. The van der Waals surface area contributed by atoms with Crippen LogP contribution < -0.4 is 15.0 Å². The predicted molar refractivity (Wildman–Crippen MR) is 83.2 cm³/mol. The van der Waals surface area contributed by atoms with Gasteiger partial charge in [-0.25, -0.2) is 0 Å². The summed E-state index contributed by atoms with van der Waals surface area (Å²) < 4.78 is 5.27. The number of hydrogen-bond acceptors (Lipinski definition) is 3. The third-order valence-corrected chi connectivity index (χ3v) is 3.64. The second kappa shape index (κ2) is 6.80. The van der Waals surface area contributed by atoms with Crippen molar-refractivity contribution in [2.75, 3.05) is 32.6 Å². The molecule has 0 radical (unpaired) electrons. The summed E-state index contributed by atoms with van der Waals surface area (Å²) in [6.45, 7) is 7.86. The Morgan fingerprint density at radius 3 is 2.53 bits per heavy atom. The molecule has 1 rings (SSSR count). The van der Waals surface area contributed by atoms with Gasteiger partial charge >= 0.3 is 0 Å². The van der Waals surface area contributed by atoms with Crippen molar-refractivity contribution >= 4 is 5.69 Å². The molecule has 0 bridgehead atoms. The maximum atomic E-state index is 5.27. The molecule has 0 amide bonds. The topological polar surface area (TPSA) is 24.5 Å². The normalized spacial score (nSPS) is 13.2. The summed E-state index contributed by atoms with van der Waals surface area (Å²) in [7, 11) is 5.88. The molecule has 0 aromatic heterocycles. The summed E-state index contributed by atoms with van der Waals surface area (Å²) in [4.78, 5) is 2.28. The van der Waals surface area contributed by atoms with E-state index in [0.717, 1.165) is 18.7 Å². The van der Waals surface area contributed by atoms with Gasteiger partial charge in [0.25, 0.3) is 0 Å². The van der Waals surface area contributed by atoms with Gasteiger partial charge in [-0.15, -0.1) is 0 Å². The molecular formula is C16H28N2O. The van der Waals surface area contributed by atoms with E-state index in [9.17, 15) is 0 Å². The summed E-state index contributed by atoms with van der Waals surface area (Å²) in [6.07, 6.45) is 1.12. The summed E-state index contributed by atoms with van der Waals surface area (Å²) in [5.41, 5.74) is 1.48. The van der Waals surface area contributed by atoms with Crippen molar-refractivity contribution in [2.24, 2.45) is 5.41 Å². The molecule has 0 aliphatic carbocycles. The molecule has 3 heteroatoms. The van der Waals surface area contributed by atoms with Crippen LogP contribution in [0.25, 0.3) is 0 Å². The van der Waals surface area contributed by atoms with Gasteiger partial charge in [-0.1, -0.05) is 26.8 Å². The molecule has 1 N–H and O–H groups in total. The van der Waals surface area contributed by atoms with Gasteiger partial charge in [0.15, 0.2) is 0 Å². The van der Waals surface area contributed by atoms with Gasteiger partial charge in [0.2, 0.25) is 0 Å². The quantitative estimate of drug-likeness (QED) is 0.854. The number of rotatable bonds is 6. The van der Waals surface area contributed by atoms with Gasteiger partial charge in [0, 0.05) is 31.4 Å². The molecule has 0 heterocycles. The molecule has 3 nitrogen and oxygen atoms in total. The summed E-state index contributed by atoms with van der Waals surface area (Å²) in [6, 6.07) is 8.72. The smallest absolute Gasteiger partial charge is 0.120 e. The van der Waals surface area contributed by atoms with E-state index in [0.29, 0.717) is 6.04 Å². The van der Waals surface area contributed by atoms with Gasteiger partial charge in [-0.2, -0.15) is 0 Å². The number of benzene rings is 1. The minimum atomic E-state index is 0.282. The molecule has 0 saturated heterocycles. The highest BCUT2D eigenvalue weighted by Crippen LogP contribution is 2.24. The number of ether oxygens (including phenoxy) is 1. The Morgan fingerprint density at radius 2 is 2.00 bits per heavy atom. The minimum absolute atomic E-state index is 0.282. The molecule has 1 aromatic rings. The summed E-state index contributed by atoms with van der Waals surface area (Å²) in [5, 5.41) is 3.42. The zero-order chi connectivity index (χ0) is 14.5. The average molecular weight is 264 g/mol. The first-order valence-corrected chi connectivity index (χ1v) is 6.91. The lowest BCUT2D eigenvalue weighted by Gasteiger charge is -2.32. The van der Waals surface area contributed by atoms with Gasteiger partial charge < -0.3 is 15.0 Å². The van der Waals surface area contributed by atoms with Crippen LogP contribution in [0.2, 0.25) is 0 Å². The number of nitrogens with one attached hydrogen (secondary N) is 1. The van der Waals surface area contributed by atoms with Crippen LogP contribution in [-0.2, 0) is 0 Å². The number of nitrogens with zero attached hydrogens (tertiary/aromatic N) is 1. The molecule has 0 spiro atoms. The molecule has 19 heavy (non-hydrogen) atoms. The second-order valence-corrected chi connectivity index (χ2v) is 6.12. The van der Waals surface area contributed by atoms with Crippen molar-refractivity contribution in [2.45, 2.75) is 33.2 Å². The zero-order valence-electron chi connectivity index (χ0n) is 13.2. The van der Waals surface area contributed by atoms with Gasteiger partial charge in [0.1, 0.15) is 5.75 Å². The maximum absolute atomic E-state index is 5.27. The fourth-order valence-corrected chi connectivity index (χ4v) is 2.31. The molecule has 1 atom stereocenters. The first kappa shape index (κ1) is 15.8. The lowest BCUT2D eigenvalue weighted by atomic mass is 9.85.